The Morgan fingerprint density at radius 1 is 1.20 bits per heavy atom. The van der Waals surface area contributed by atoms with Gasteiger partial charge >= 0.3 is 0 Å². The highest BCUT2D eigenvalue weighted by Gasteiger charge is 2.27. The van der Waals surface area contributed by atoms with Gasteiger partial charge in [-0.3, -0.25) is 0 Å². The quantitative estimate of drug-likeness (QED) is 0.770. The van der Waals surface area contributed by atoms with Crippen molar-refractivity contribution in [2.45, 2.75) is 25.4 Å². The molecule has 1 unspecified atom stereocenters. The highest BCUT2D eigenvalue weighted by molar-refractivity contribution is 5.22. The summed E-state index contributed by atoms with van der Waals surface area (Å²) in [4.78, 5) is 0. The van der Waals surface area contributed by atoms with Crippen molar-refractivity contribution in [3.8, 4) is 0 Å². The number of rotatable bonds is 3. The lowest BCUT2D eigenvalue weighted by atomic mass is 10.0. The van der Waals surface area contributed by atoms with Crippen LogP contribution in [0.2, 0.25) is 0 Å². The molecule has 1 fully saturated rings. The maximum Gasteiger partial charge on any atom is 0.194 e. The molecule has 1 N–H and O–H groups in total. The van der Waals surface area contributed by atoms with Gasteiger partial charge in [-0.05, 0) is 18.4 Å². The molecular formula is C11H11F3O. The third kappa shape index (κ3) is 2.15. The fourth-order valence-corrected chi connectivity index (χ4v) is 1.59. The third-order valence-corrected chi connectivity index (χ3v) is 2.68. The van der Waals surface area contributed by atoms with Gasteiger partial charge in [0, 0.05) is 5.56 Å². The molecule has 1 aromatic carbocycles. The van der Waals surface area contributed by atoms with Crippen molar-refractivity contribution in [3.05, 3.63) is 35.1 Å². The van der Waals surface area contributed by atoms with Gasteiger partial charge in [0.25, 0.3) is 0 Å². The summed E-state index contributed by atoms with van der Waals surface area (Å²) >= 11 is 0. The Balaban J connectivity index is 2.22. The molecule has 1 atom stereocenters. The molecule has 2 rings (SSSR count). The van der Waals surface area contributed by atoms with Gasteiger partial charge < -0.3 is 5.11 Å². The lowest BCUT2D eigenvalue weighted by Crippen LogP contribution is -2.05. The second kappa shape index (κ2) is 3.85. The Bertz CT molecular complexity index is 374. The molecule has 0 saturated heterocycles. The Labute approximate surface area is 85.5 Å². The summed E-state index contributed by atoms with van der Waals surface area (Å²) in [6, 6.07) is 1.94. The topological polar surface area (TPSA) is 20.2 Å². The number of hydrogen-bond acceptors (Lipinski definition) is 1. The normalized spacial score (nSPS) is 17.9. The molecule has 1 aliphatic carbocycles. The zero-order chi connectivity index (χ0) is 11.0. The molecule has 0 radical (unpaired) electrons. The van der Waals surface area contributed by atoms with E-state index in [-0.39, 0.29) is 5.56 Å². The van der Waals surface area contributed by atoms with Gasteiger partial charge in [-0.25, -0.2) is 13.2 Å². The van der Waals surface area contributed by atoms with Gasteiger partial charge in [0.1, 0.15) is 0 Å². The molecule has 1 aliphatic rings. The van der Waals surface area contributed by atoms with Crippen LogP contribution in [0.4, 0.5) is 13.2 Å². The van der Waals surface area contributed by atoms with E-state index in [1.165, 1.54) is 0 Å². The summed E-state index contributed by atoms with van der Waals surface area (Å²) in [7, 11) is 0. The monoisotopic (exact) mass is 216 g/mol. The van der Waals surface area contributed by atoms with Crippen LogP contribution in [-0.4, -0.2) is 5.11 Å². The summed E-state index contributed by atoms with van der Waals surface area (Å²) in [5.74, 6) is -3.62. The first-order chi connectivity index (χ1) is 7.09. The Kier molecular flexibility index (Phi) is 2.69. The largest absolute Gasteiger partial charge is 0.388 e. The van der Waals surface area contributed by atoms with Crippen molar-refractivity contribution >= 4 is 0 Å². The van der Waals surface area contributed by atoms with Gasteiger partial charge in [0.05, 0.1) is 6.10 Å². The van der Waals surface area contributed by atoms with Gasteiger partial charge in [-0.2, -0.15) is 0 Å². The molecule has 0 spiro atoms. The van der Waals surface area contributed by atoms with E-state index < -0.39 is 23.6 Å². The highest BCUT2D eigenvalue weighted by Crippen LogP contribution is 2.38. The Hall–Kier alpha value is -1.03. The van der Waals surface area contributed by atoms with E-state index in [2.05, 4.69) is 0 Å². The van der Waals surface area contributed by atoms with Gasteiger partial charge in [0.15, 0.2) is 17.5 Å². The van der Waals surface area contributed by atoms with Gasteiger partial charge in [-0.15, -0.1) is 0 Å². The van der Waals surface area contributed by atoms with E-state index in [9.17, 15) is 18.3 Å². The minimum Gasteiger partial charge on any atom is -0.388 e. The minimum absolute atomic E-state index is 0.152. The molecule has 1 nitrogen and oxygen atoms in total. The Morgan fingerprint density at radius 3 is 2.47 bits per heavy atom. The molecule has 0 aromatic heterocycles. The van der Waals surface area contributed by atoms with Crippen molar-refractivity contribution < 1.29 is 18.3 Å². The zero-order valence-electron chi connectivity index (χ0n) is 8.01. The summed E-state index contributed by atoms with van der Waals surface area (Å²) in [6.45, 7) is 0. The van der Waals surface area contributed by atoms with Crippen LogP contribution in [0.5, 0.6) is 0 Å². The predicted molar refractivity (Wildman–Crippen MR) is 48.6 cm³/mol. The highest BCUT2D eigenvalue weighted by atomic mass is 19.2. The first kappa shape index (κ1) is 10.5. The van der Waals surface area contributed by atoms with E-state index in [1.807, 2.05) is 0 Å². The van der Waals surface area contributed by atoms with E-state index >= 15 is 0 Å². The molecule has 1 aromatic rings. The Morgan fingerprint density at radius 2 is 1.87 bits per heavy atom. The predicted octanol–water partition coefficient (Wildman–Crippen LogP) is 2.94. The maximum atomic E-state index is 13.2. The van der Waals surface area contributed by atoms with Crippen LogP contribution in [0, 0.1) is 23.4 Å². The zero-order valence-corrected chi connectivity index (χ0v) is 8.01. The smallest absolute Gasteiger partial charge is 0.194 e. The first-order valence-electron chi connectivity index (χ1n) is 4.91. The second-order valence-corrected chi connectivity index (χ2v) is 3.96. The van der Waals surface area contributed by atoms with Crippen LogP contribution in [0.25, 0.3) is 0 Å². The standard InChI is InChI=1S/C11H11F3O/c12-8-4-3-7(10(13)11(8)14)9(15)5-6-1-2-6/h3-4,6,9,15H,1-2,5H2. The number of aliphatic hydroxyl groups is 1. The lowest BCUT2D eigenvalue weighted by molar-refractivity contribution is 0.154. The summed E-state index contributed by atoms with van der Waals surface area (Å²) in [5.41, 5.74) is -0.152. The fraction of sp³-hybridized carbons (Fsp3) is 0.455. The average molecular weight is 216 g/mol. The fourth-order valence-electron chi connectivity index (χ4n) is 1.59. The number of aliphatic hydroxyl groups excluding tert-OH is 1. The first-order valence-corrected chi connectivity index (χ1v) is 4.91. The molecule has 4 heteroatoms. The van der Waals surface area contributed by atoms with Gasteiger partial charge in [0.2, 0.25) is 0 Å². The van der Waals surface area contributed by atoms with Crippen LogP contribution < -0.4 is 0 Å². The van der Waals surface area contributed by atoms with Crippen molar-refractivity contribution in [3.63, 3.8) is 0 Å². The molecule has 0 aliphatic heterocycles. The second-order valence-electron chi connectivity index (χ2n) is 3.96. The van der Waals surface area contributed by atoms with Crippen molar-refractivity contribution in [1.29, 1.82) is 0 Å². The summed E-state index contributed by atoms with van der Waals surface area (Å²) in [6.07, 6.45) is 1.42. The third-order valence-electron chi connectivity index (χ3n) is 2.68. The van der Waals surface area contributed by atoms with E-state index in [4.69, 9.17) is 0 Å². The van der Waals surface area contributed by atoms with Crippen LogP contribution in [-0.2, 0) is 0 Å². The SMILES string of the molecule is OC(CC1CC1)c1ccc(F)c(F)c1F. The molecule has 0 heterocycles. The lowest BCUT2D eigenvalue weighted by Gasteiger charge is -2.11. The molecular weight excluding hydrogens is 205 g/mol. The van der Waals surface area contributed by atoms with E-state index in [0.717, 1.165) is 25.0 Å². The molecule has 1 saturated carbocycles. The van der Waals surface area contributed by atoms with Crippen molar-refractivity contribution in [1.82, 2.24) is 0 Å². The van der Waals surface area contributed by atoms with Gasteiger partial charge in [-0.1, -0.05) is 18.9 Å². The van der Waals surface area contributed by atoms with Crippen LogP contribution in [0.15, 0.2) is 12.1 Å². The van der Waals surface area contributed by atoms with E-state index in [1.54, 1.807) is 0 Å². The van der Waals surface area contributed by atoms with Crippen molar-refractivity contribution in [2.24, 2.45) is 5.92 Å². The van der Waals surface area contributed by atoms with Crippen LogP contribution in [0.3, 0.4) is 0 Å². The van der Waals surface area contributed by atoms with Crippen LogP contribution >= 0.6 is 0 Å². The summed E-state index contributed by atoms with van der Waals surface area (Å²) in [5, 5.41) is 9.60. The maximum absolute atomic E-state index is 13.2. The summed E-state index contributed by atoms with van der Waals surface area (Å²) < 4.78 is 38.7. The molecule has 15 heavy (non-hydrogen) atoms. The van der Waals surface area contributed by atoms with Crippen LogP contribution in [0.1, 0.15) is 30.9 Å². The number of benzene rings is 1. The number of halogens is 3. The van der Waals surface area contributed by atoms with E-state index in [0.29, 0.717) is 12.3 Å². The molecule has 82 valence electrons. The molecule has 0 amide bonds. The minimum atomic E-state index is -1.51. The average Bonchev–Trinajstić information content (AvgIpc) is 2.98. The number of hydrogen-bond donors (Lipinski definition) is 1. The van der Waals surface area contributed by atoms with Crippen molar-refractivity contribution in [2.75, 3.05) is 0 Å². The molecule has 0 bridgehead atoms.